The van der Waals surface area contributed by atoms with Gasteiger partial charge in [-0.15, -0.1) is 0 Å². The molecule has 0 aliphatic carbocycles. The van der Waals surface area contributed by atoms with E-state index in [1.807, 2.05) is 0 Å². The maximum Gasteiger partial charge on any atom is 0.310 e. The molecule has 0 saturated carbocycles. The summed E-state index contributed by atoms with van der Waals surface area (Å²) in [6.45, 7) is 0. The fraction of sp³-hybridized carbons (Fsp3) is 0.889. The Morgan fingerprint density at radius 2 is 2.25 bits per heavy atom. The van der Waals surface area contributed by atoms with E-state index in [9.17, 15) is 4.79 Å². The van der Waals surface area contributed by atoms with Crippen LogP contribution in [0.15, 0.2) is 0 Å². The summed E-state index contributed by atoms with van der Waals surface area (Å²) < 4.78 is 4.77. The van der Waals surface area contributed by atoms with Crippen molar-refractivity contribution in [2.75, 3.05) is 14.2 Å². The summed E-state index contributed by atoms with van der Waals surface area (Å²) in [5.74, 6) is 0.132. The lowest BCUT2D eigenvalue weighted by molar-refractivity contribution is -0.146. The summed E-state index contributed by atoms with van der Waals surface area (Å²) in [6, 6.07) is 1.10. The number of nitrogens with zero attached hydrogens (tertiary/aromatic N) is 1. The number of hydrogen-bond acceptors (Lipinski definition) is 3. The molecule has 0 aromatic rings. The smallest absolute Gasteiger partial charge is 0.310 e. The van der Waals surface area contributed by atoms with E-state index in [0.29, 0.717) is 12.1 Å². The molecule has 0 amide bonds. The molecule has 3 heteroatoms. The molecule has 0 unspecified atom stereocenters. The van der Waals surface area contributed by atoms with E-state index in [1.165, 1.54) is 20.0 Å². The third kappa shape index (κ3) is 0.959. The van der Waals surface area contributed by atoms with E-state index in [4.69, 9.17) is 4.74 Å². The molecule has 2 bridgehead atoms. The quantitative estimate of drug-likeness (QED) is 0.539. The Hall–Kier alpha value is -0.570. The fourth-order valence-electron chi connectivity index (χ4n) is 2.67. The van der Waals surface area contributed by atoms with Crippen molar-refractivity contribution in [3.63, 3.8) is 0 Å². The second-order valence-corrected chi connectivity index (χ2v) is 3.83. The van der Waals surface area contributed by atoms with Gasteiger partial charge < -0.3 is 4.74 Å². The third-order valence-corrected chi connectivity index (χ3v) is 3.39. The van der Waals surface area contributed by atoms with Crippen LogP contribution in [0, 0.1) is 5.92 Å². The first-order chi connectivity index (χ1) is 5.74. The number of ether oxygens (including phenoxy) is 1. The normalized spacial score (nSPS) is 40.3. The molecule has 3 atom stereocenters. The molecule has 0 spiro atoms. The molecule has 0 aromatic carbocycles. The van der Waals surface area contributed by atoms with Crippen molar-refractivity contribution < 1.29 is 9.53 Å². The molecule has 0 aromatic heterocycles. The Kier molecular flexibility index (Phi) is 1.83. The van der Waals surface area contributed by atoms with E-state index in [2.05, 4.69) is 11.9 Å². The zero-order chi connectivity index (χ0) is 8.72. The molecule has 3 nitrogen and oxygen atoms in total. The van der Waals surface area contributed by atoms with Gasteiger partial charge in [-0.25, -0.2) is 0 Å². The molecule has 2 heterocycles. The Labute approximate surface area is 72.7 Å². The average Bonchev–Trinajstić information content (AvgIpc) is 2.60. The summed E-state index contributed by atoms with van der Waals surface area (Å²) in [5.41, 5.74) is 0. The van der Waals surface area contributed by atoms with Crippen LogP contribution in [0.2, 0.25) is 0 Å². The average molecular weight is 169 g/mol. The summed E-state index contributed by atoms with van der Waals surface area (Å²) >= 11 is 0. The number of rotatable bonds is 1. The van der Waals surface area contributed by atoms with Gasteiger partial charge in [0.2, 0.25) is 0 Å². The van der Waals surface area contributed by atoms with Crippen LogP contribution in [0.1, 0.15) is 19.3 Å². The second kappa shape index (κ2) is 2.73. The van der Waals surface area contributed by atoms with Gasteiger partial charge in [0, 0.05) is 12.1 Å². The van der Waals surface area contributed by atoms with Crippen molar-refractivity contribution in [3.05, 3.63) is 0 Å². The standard InChI is InChI=1S/C9H15NO2/c1-10-6-3-4-8(10)7(5-6)9(11)12-2/h6-8H,3-5H2,1-2H3/t6-,7+,8+/m0/s1. The first-order valence-corrected chi connectivity index (χ1v) is 4.54. The van der Waals surface area contributed by atoms with Crippen LogP contribution in [-0.4, -0.2) is 37.1 Å². The fourth-order valence-corrected chi connectivity index (χ4v) is 2.67. The predicted octanol–water partition coefficient (Wildman–Crippen LogP) is 0.642. The van der Waals surface area contributed by atoms with Crippen LogP contribution in [0.5, 0.6) is 0 Å². The van der Waals surface area contributed by atoms with Gasteiger partial charge in [0.15, 0.2) is 0 Å². The Bertz CT molecular complexity index is 205. The number of carbonyl (C=O) groups excluding carboxylic acids is 1. The van der Waals surface area contributed by atoms with Gasteiger partial charge in [-0.3, -0.25) is 9.69 Å². The highest BCUT2D eigenvalue weighted by Gasteiger charge is 2.47. The topological polar surface area (TPSA) is 29.5 Å². The maximum absolute atomic E-state index is 11.3. The predicted molar refractivity (Wildman–Crippen MR) is 44.7 cm³/mol. The highest BCUT2D eigenvalue weighted by atomic mass is 16.5. The highest BCUT2D eigenvalue weighted by molar-refractivity contribution is 5.74. The summed E-state index contributed by atoms with van der Waals surface area (Å²) in [7, 11) is 3.60. The molecule has 12 heavy (non-hydrogen) atoms. The third-order valence-electron chi connectivity index (χ3n) is 3.39. The number of methoxy groups -OCH3 is 1. The van der Waals surface area contributed by atoms with E-state index in [1.54, 1.807) is 0 Å². The van der Waals surface area contributed by atoms with Gasteiger partial charge in [-0.05, 0) is 26.3 Å². The van der Waals surface area contributed by atoms with Gasteiger partial charge >= 0.3 is 5.97 Å². The lowest BCUT2D eigenvalue weighted by Crippen LogP contribution is -2.30. The summed E-state index contributed by atoms with van der Waals surface area (Å²) in [4.78, 5) is 13.6. The van der Waals surface area contributed by atoms with E-state index >= 15 is 0 Å². The Morgan fingerprint density at radius 3 is 2.67 bits per heavy atom. The van der Waals surface area contributed by atoms with Crippen LogP contribution in [0.25, 0.3) is 0 Å². The SMILES string of the molecule is COC(=O)[C@@H]1C[C@@H]2CC[C@H]1N2C. The molecular weight excluding hydrogens is 154 g/mol. The first kappa shape index (κ1) is 8.05. The molecule has 2 aliphatic heterocycles. The van der Waals surface area contributed by atoms with Crippen LogP contribution in [0.4, 0.5) is 0 Å². The largest absolute Gasteiger partial charge is 0.469 e. The Balaban J connectivity index is 2.08. The molecule has 0 radical (unpaired) electrons. The molecule has 2 fully saturated rings. The van der Waals surface area contributed by atoms with E-state index in [0.717, 1.165) is 6.42 Å². The van der Waals surface area contributed by atoms with Gasteiger partial charge in [-0.1, -0.05) is 0 Å². The first-order valence-electron chi connectivity index (χ1n) is 4.54. The zero-order valence-electron chi connectivity index (χ0n) is 7.62. The summed E-state index contributed by atoms with van der Waals surface area (Å²) in [6.07, 6.45) is 3.43. The van der Waals surface area contributed by atoms with Crippen LogP contribution in [-0.2, 0) is 9.53 Å². The van der Waals surface area contributed by atoms with E-state index in [-0.39, 0.29) is 11.9 Å². The van der Waals surface area contributed by atoms with Crippen LogP contribution in [0.3, 0.4) is 0 Å². The molecule has 2 rings (SSSR count). The lowest BCUT2D eigenvalue weighted by Gasteiger charge is -2.18. The van der Waals surface area contributed by atoms with Crippen molar-refractivity contribution in [2.24, 2.45) is 5.92 Å². The minimum atomic E-state index is -0.0194. The molecule has 0 N–H and O–H groups in total. The van der Waals surface area contributed by atoms with Gasteiger partial charge in [-0.2, -0.15) is 0 Å². The van der Waals surface area contributed by atoms with E-state index < -0.39 is 0 Å². The number of carbonyl (C=O) groups is 1. The molecule has 2 aliphatic rings. The second-order valence-electron chi connectivity index (χ2n) is 3.83. The van der Waals surface area contributed by atoms with Crippen molar-refractivity contribution in [1.82, 2.24) is 4.90 Å². The highest BCUT2D eigenvalue weighted by Crippen LogP contribution is 2.40. The van der Waals surface area contributed by atoms with Crippen LogP contribution >= 0.6 is 0 Å². The minimum absolute atomic E-state index is 0.0194. The number of hydrogen-bond donors (Lipinski definition) is 0. The van der Waals surface area contributed by atoms with Gasteiger partial charge in [0.1, 0.15) is 0 Å². The monoisotopic (exact) mass is 169 g/mol. The number of esters is 1. The minimum Gasteiger partial charge on any atom is -0.469 e. The molecule has 2 saturated heterocycles. The molecular formula is C9H15NO2. The number of fused-ring (bicyclic) bond motifs is 2. The summed E-state index contributed by atoms with van der Waals surface area (Å²) in [5, 5.41) is 0. The zero-order valence-corrected chi connectivity index (χ0v) is 7.62. The van der Waals surface area contributed by atoms with Crippen LogP contribution < -0.4 is 0 Å². The molecule has 68 valence electrons. The van der Waals surface area contributed by atoms with Crippen molar-refractivity contribution >= 4 is 5.97 Å². The van der Waals surface area contributed by atoms with Crippen molar-refractivity contribution in [1.29, 1.82) is 0 Å². The maximum atomic E-state index is 11.3. The van der Waals surface area contributed by atoms with Crippen molar-refractivity contribution in [3.8, 4) is 0 Å². The van der Waals surface area contributed by atoms with Gasteiger partial charge in [0.05, 0.1) is 13.0 Å². The van der Waals surface area contributed by atoms with Gasteiger partial charge in [0.25, 0.3) is 0 Å². The van der Waals surface area contributed by atoms with Crippen molar-refractivity contribution in [2.45, 2.75) is 31.3 Å². The lowest BCUT2D eigenvalue weighted by atomic mass is 9.89. The Morgan fingerprint density at radius 1 is 1.50 bits per heavy atom.